The Kier molecular flexibility index (Phi) is 3.56. The van der Waals surface area contributed by atoms with Gasteiger partial charge in [0.15, 0.2) is 0 Å². The average molecular weight is 259 g/mol. The van der Waals surface area contributed by atoms with Crippen LogP contribution < -0.4 is 5.32 Å². The van der Waals surface area contributed by atoms with Crippen molar-refractivity contribution in [3.05, 3.63) is 34.9 Å². The number of aryl methyl sites for hydroxylation is 2. The van der Waals surface area contributed by atoms with E-state index < -0.39 is 0 Å². The Balaban J connectivity index is 1.61. The lowest BCUT2D eigenvalue weighted by Gasteiger charge is -2.15. The van der Waals surface area contributed by atoms with E-state index in [2.05, 4.69) is 11.4 Å². The van der Waals surface area contributed by atoms with Crippen molar-refractivity contribution in [2.45, 2.75) is 44.6 Å². The number of carbonyl (C=O) groups is 1. The maximum Gasteiger partial charge on any atom is 0.251 e. The number of amides is 1. The number of aliphatic hydroxyl groups is 1. The van der Waals surface area contributed by atoms with Gasteiger partial charge in [-0.05, 0) is 55.4 Å². The summed E-state index contributed by atoms with van der Waals surface area (Å²) in [6, 6.07) is 6.04. The normalized spacial score (nSPS) is 25.3. The predicted molar refractivity (Wildman–Crippen MR) is 74.1 cm³/mol. The molecule has 0 bridgehead atoms. The molecule has 1 fully saturated rings. The molecular weight excluding hydrogens is 238 g/mol. The third-order valence-corrected chi connectivity index (χ3v) is 4.50. The van der Waals surface area contributed by atoms with Gasteiger partial charge in [-0.3, -0.25) is 4.79 Å². The van der Waals surface area contributed by atoms with Crippen LogP contribution >= 0.6 is 0 Å². The molecule has 102 valence electrons. The zero-order valence-corrected chi connectivity index (χ0v) is 11.2. The maximum atomic E-state index is 12.1. The van der Waals surface area contributed by atoms with E-state index in [4.69, 9.17) is 0 Å². The fourth-order valence-electron chi connectivity index (χ4n) is 3.29. The molecule has 1 saturated carbocycles. The molecule has 2 aliphatic rings. The Hall–Kier alpha value is -1.35. The molecule has 0 saturated heterocycles. The Morgan fingerprint density at radius 1 is 1.21 bits per heavy atom. The Bertz CT molecular complexity index is 484. The molecule has 3 rings (SSSR count). The van der Waals surface area contributed by atoms with Gasteiger partial charge in [-0.15, -0.1) is 0 Å². The number of aliphatic hydroxyl groups excluding tert-OH is 1. The minimum absolute atomic E-state index is 0.00574. The van der Waals surface area contributed by atoms with Gasteiger partial charge >= 0.3 is 0 Å². The minimum Gasteiger partial charge on any atom is -0.393 e. The first-order valence-electron chi connectivity index (χ1n) is 7.32. The van der Waals surface area contributed by atoms with Crippen LogP contribution in [0.5, 0.6) is 0 Å². The van der Waals surface area contributed by atoms with E-state index >= 15 is 0 Å². The summed E-state index contributed by atoms with van der Waals surface area (Å²) >= 11 is 0. The van der Waals surface area contributed by atoms with Gasteiger partial charge in [0.2, 0.25) is 0 Å². The van der Waals surface area contributed by atoms with Crippen molar-refractivity contribution in [3.63, 3.8) is 0 Å². The summed E-state index contributed by atoms with van der Waals surface area (Å²) in [6.45, 7) is 0.594. The summed E-state index contributed by atoms with van der Waals surface area (Å²) in [4.78, 5) is 12.1. The van der Waals surface area contributed by atoms with Crippen LogP contribution in [0.2, 0.25) is 0 Å². The van der Waals surface area contributed by atoms with Crippen LogP contribution in [-0.4, -0.2) is 23.7 Å². The van der Waals surface area contributed by atoms with E-state index in [0.717, 1.165) is 37.7 Å². The second-order valence-corrected chi connectivity index (χ2v) is 5.81. The molecular formula is C16H21NO2. The van der Waals surface area contributed by atoms with Crippen molar-refractivity contribution in [1.29, 1.82) is 0 Å². The molecule has 1 aromatic rings. The molecule has 1 aromatic carbocycles. The number of benzene rings is 1. The van der Waals surface area contributed by atoms with E-state index in [1.807, 2.05) is 12.1 Å². The summed E-state index contributed by atoms with van der Waals surface area (Å²) < 4.78 is 0. The molecule has 2 aliphatic carbocycles. The quantitative estimate of drug-likeness (QED) is 0.873. The first-order chi connectivity index (χ1) is 9.24. The van der Waals surface area contributed by atoms with Crippen LogP contribution in [0.1, 0.15) is 47.2 Å². The second kappa shape index (κ2) is 5.33. The predicted octanol–water partition coefficient (Wildman–Crippen LogP) is 2.07. The molecule has 0 aromatic heterocycles. The van der Waals surface area contributed by atoms with Crippen LogP contribution in [0, 0.1) is 5.92 Å². The van der Waals surface area contributed by atoms with Crippen molar-refractivity contribution in [1.82, 2.24) is 5.32 Å². The lowest BCUT2D eigenvalue weighted by atomic mass is 10.0. The van der Waals surface area contributed by atoms with Crippen LogP contribution in [0.15, 0.2) is 18.2 Å². The molecule has 0 spiro atoms. The van der Waals surface area contributed by atoms with Crippen molar-refractivity contribution < 1.29 is 9.90 Å². The highest BCUT2D eigenvalue weighted by Crippen LogP contribution is 2.25. The smallest absolute Gasteiger partial charge is 0.251 e. The van der Waals surface area contributed by atoms with Gasteiger partial charge in [0.25, 0.3) is 5.91 Å². The standard InChI is InChI=1S/C16H21NO2/c18-15-6-2-5-14(15)10-17-16(19)13-8-7-11-3-1-4-12(11)9-13/h7-9,14-15,18H,1-6,10H2,(H,17,19). The number of hydrogen-bond donors (Lipinski definition) is 2. The summed E-state index contributed by atoms with van der Waals surface area (Å²) in [5.74, 6) is 0.229. The Labute approximate surface area is 114 Å². The highest BCUT2D eigenvalue weighted by atomic mass is 16.3. The number of carbonyl (C=O) groups excluding carboxylic acids is 1. The van der Waals surface area contributed by atoms with Crippen molar-refractivity contribution in [2.75, 3.05) is 6.54 Å². The van der Waals surface area contributed by atoms with Crippen LogP contribution in [0.4, 0.5) is 0 Å². The number of rotatable bonds is 3. The first-order valence-corrected chi connectivity index (χ1v) is 7.32. The minimum atomic E-state index is -0.236. The molecule has 0 radical (unpaired) electrons. The molecule has 1 amide bonds. The zero-order chi connectivity index (χ0) is 13.2. The third-order valence-electron chi connectivity index (χ3n) is 4.50. The summed E-state index contributed by atoms with van der Waals surface area (Å²) in [6.07, 6.45) is 6.17. The fraction of sp³-hybridized carbons (Fsp3) is 0.562. The van der Waals surface area contributed by atoms with Crippen molar-refractivity contribution in [2.24, 2.45) is 5.92 Å². The molecule has 3 heteroatoms. The SMILES string of the molecule is O=C(NCC1CCCC1O)c1ccc2c(c1)CCC2. The fourth-order valence-corrected chi connectivity index (χ4v) is 3.29. The molecule has 0 heterocycles. The van der Waals surface area contributed by atoms with Crippen LogP contribution in [-0.2, 0) is 12.8 Å². The Morgan fingerprint density at radius 2 is 2.05 bits per heavy atom. The van der Waals surface area contributed by atoms with Gasteiger partial charge in [0.1, 0.15) is 0 Å². The van der Waals surface area contributed by atoms with E-state index in [1.54, 1.807) is 0 Å². The molecule has 2 unspecified atom stereocenters. The molecule has 3 nitrogen and oxygen atoms in total. The maximum absolute atomic E-state index is 12.1. The van der Waals surface area contributed by atoms with Crippen molar-refractivity contribution >= 4 is 5.91 Å². The highest BCUT2D eigenvalue weighted by molar-refractivity contribution is 5.94. The van der Waals surface area contributed by atoms with Crippen LogP contribution in [0.25, 0.3) is 0 Å². The first kappa shape index (κ1) is 12.7. The van der Waals surface area contributed by atoms with E-state index in [1.165, 1.54) is 17.5 Å². The Morgan fingerprint density at radius 3 is 2.84 bits per heavy atom. The van der Waals surface area contributed by atoms with E-state index in [-0.39, 0.29) is 17.9 Å². The van der Waals surface area contributed by atoms with Gasteiger partial charge in [-0.2, -0.15) is 0 Å². The van der Waals surface area contributed by atoms with Crippen LogP contribution in [0.3, 0.4) is 0 Å². The monoisotopic (exact) mass is 259 g/mol. The molecule has 0 aliphatic heterocycles. The third kappa shape index (κ3) is 2.66. The summed E-state index contributed by atoms with van der Waals surface area (Å²) in [7, 11) is 0. The summed E-state index contributed by atoms with van der Waals surface area (Å²) in [5, 5.41) is 12.7. The lowest BCUT2D eigenvalue weighted by Crippen LogP contribution is -2.32. The largest absolute Gasteiger partial charge is 0.393 e. The van der Waals surface area contributed by atoms with Gasteiger partial charge < -0.3 is 10.4 Å². The highest BCUT2D eigenvalue weighted by Gasteiger charge is 2.25. The van der Waals surface area contributed by atoms with Gasteiger partial charge in [0.05, 0.1) is 6.10 Å². The molecule has 2 N–H and O–H groups in total. The molecule has 2 atom stereocenters. The average Bonchev–Trinajstić information content (AvgIpc) is 3.03. The van der Waals surface area contributed by atoms with Gasteiger partial charge in [-0.1, -0.05) is 12.5 Å². The van der Waals surface area contributed by atoms with Gasteiger partial charge in [0, 0.05) is 18.0 Å². The lowest BCUT2D eigenvalue weighted by molar-refractivity contribution is 0.0916. The van der Waals surface area contributed by atoms with Crippen molar-refractivity contribution in [3.8, 4) is 0 Å². The molecule has 19 heavy (non-hydrogen) atoms. The zero-order valence-electron chi connectivity index (χ0n) is 11.2. The topological polar surface area (TPSA) is 49.3 Å². The number of fused-ring (bicyclic) bond motifs is 1. The van der Waals surface area contributed by atoms with Gasteiger partial charge in [-0.25, -0.2) is 0 Å². The summed E-state index contributed by atoms with van der Waals surface area (Å²) in [5.41, 5.74) is 3.48. The second-order valence-electron chi connectivity index (χ2n) is 5.81. The number of nitrogens with one attached hydrogen (secondary N) is 1. The number of hydrogen-bond acceptors (Lipinski definition) is 2. The van der Waals surface area contributed by atoms with E-state index in [0.29, 0.717) is 6.54 Å². The van der Waals surface area contributed by atoms with E-state index in [9.17, 15) is 9.90 Å².